The summed E-state index contributed by atoms with van der Waals surface area (Å²) in [6.45, 7) is 4.13. The SMILES string of the molecule is CC(C)N(C)S(=O)(=O)c1ccc(C(=O)N2C[C@H](n3cccn3)Cc3ccccc32)cc1. The van der Waals surface area contributed by atoms with E-state index in [2.05, 4.69) is 5.10 Å². The van der Waals surface area contributed by atoms with Crippen LogP contribution in [0.1, 0.15) is 35.8 Å². The molecule has 0 radical (unpaired) electrons. The molecular formula is C23H26N4O3S. The first-order valence-electron chi connectivity index (χ1n) is 10.3. The van der Waals surface area contributed by atoms with Gasteiger partial charge in [-0.2, -0.15) is 9.40 Å². The molecule has 0 N–H and O–H groups in total. The molecule has 0 aliphatic carbocycles. The van der Waals surface area contributed by atoms with Gasteiger partial charge in [0, 0.05) is 43.3 Å². The van der Waals surface area contributed by atoms with Crippen molar-refractivity contribution in [2.24, 2.45) is 0 Å². The van der Waals surface area contributed by atoms with Gasteiger partial charge in [0.2, 0.25) is 10.0 Å². The first-order valence-corrected chi connectivity index (χ1v) is 11.7. The van der Waals surface area contributed by atoms with Crippen LogP contribution in [0.25, 0.3) is 0 Å². The summed E-state index contributed by atoms with van der Waals surface area (Å²) in [7, 11) is -2.04. The molecule has 0 fully saturated rings. The van der Waals surface area contributed by atoms with E-state index in [0.29, 0.717) is 12.1 Å². The summed E-state index contributed by atoms with van der Waals surface area (Å²) < 4.78 is 28.6. The highest BCUT2D eigenvalue weighted by molar-refractivity contribution is 7.89. The molecule has 1 aliphatic heterocycles. The highest BCUT2D eigenvalue weighted by Crippen LogP contribution is 2.32. The monoisotopic (exact) mass is 438 g/mol. The molecule has 4 rings (SSSR count). The van der Waals surface area contributed by atoms with Crippen LogP contribution in [0.2, 0.25) is 0 Å². The number of nitrogens with zero attached hydrogens (tertiary/aromatic N) is 4. The lowest BCUT2D eigenvalue weighted by Gasteiger charge is -2.34. The highest BCUT2D eigenvalue weighted by Gasteiger charge is 2.30. The molecule has 0 bridgehead atoms. The van der Waals surface area contributed by atoms with Crippen LogP contribution >= 0.6 is 0 Å². The zero-order valence-electron chi connectivity index (χ0n) is 17.8. The van der Waals surface area contributed by atoms with Crippen LogP contribution in [0.15, 0.2) is 71.9 Å². The third-order valence-electron chi connectivity index (χ3n) is 5.78. The molecule has 0 unspecified atom stereocenters. The molecule has 2 heterocycles. The van der Waals surface area contributed by atoms with Gasteiger partial charge in [-0.15, -0.1) is 0 Å². The van der Waals surface area contributed by atoms with E-state index in [1.54, 1.807) is 30.3 Å². The second-order valence-electron chi connectivity index (χ2n) is 8.03. The van der Waals surface area contributed by atoms with Gasteiger partial charge < -0.3 is 4.90 Å². The number of benzene rings is 2. The predicted molar refractivity (Wildman–Crippen MR) is 120 cm³/mol. The van der Waals surface area contributed by atoms with Crippen LogP contribution in [0, 0.1) is 0 Å². The summed E-state index contributed by atoms with van der Waals surface area (Å²) in [5.41, 5.74) is 2.41. The van der Waals surface area contributed by atoms with Gasteiger partial charge in [0.1, 0.15) is 0 Å². The molecule has 1 amide bonds. The highest BCUT2D eigenvalue weighted by atomic mass is 32.2. The minimum atomic E-state index is -3.60. The van der Waals surface area contributed by atoms with E-state index in [0.717, 1.165) is 17.7 Å². The number of anilines is 1. The van der Waals surface area contributed by atoms with Crippen LogP contribution in [0.3, 0.4) is 0 Å². The number of rotatable bonds is 5. The average molecular weight is 439 g/mol. The molecule has 7 nitrogen and oxygen atoms in total. The van der Waals surface area contributed by atoms with Crippen molar-refractivity contribution in [3.05, 3.63) is 78.1 Å². The number of hydrogen-bond donors (Lipinski definition) is 0. The van der Waals surface area contributed by atoms with E-state index in [4.69, 9.17) is 0 Å². The van der Waals surface area contributed by atoms with Crippen molar-refractivity contribution in [1.82, 2.24) is 14.1 Å². The molecule has 2 aromatic carbocycles. The van der Waals surface area contributed by atoms with E-state index >= 15 is 0 Å². The summed E-state index contributed by atoms with van der Waals surface area (Å²) in [5, 5.41) is 4.36. The van der Waals surface area contributed by atoms with Crippen molar-refractivity contribution in [1.29, 1.82) is 0 Å². The largest absolute Gasteiger partial charge is 0.306 e. The van der Waals surface area contributed by atoms with Gasteiger partial charge in [0.25, 0.3) is 5.91 Å². The number of carbonyl (C=O) groups excluding carboxylic acids is 1. The maximum absolute atomic E-state index is 13.4. The number of amides is 1. The molecule has 31 heavy (non-hydrogen) atoms. The third-order valence-corrected chi connectivity index (χ3v) is 7.83. The molecule has 162 valence electrons. The number of fused-ring (bicyclic) bond motifs is 1. The zero-order chi connectivity index (χ0) is 22.2. The number of para-hydroxylation sites is 1. The average Bonchev–Trinajstić information content (AvgIpc) is 3.32. The lowest BCUT2D eigenvalue weighted by molar-refractivity contribution is 0.0980. The van der Waals surface area contributed by atoms with E-state index in [1.807, 2.05) is 55.1 Å². The van der Waals surface area contributed by atoms with Crippen LogP contribution in [-0.4, -0.2) is 48.0 Å². The quantitative estimate of drug-likeness (QED) is 0.612. The molecule has 0 saturated heterocycles. The van der Waals surface area contributed by atoms with Gasteiger partial charge in [-0.05, 0) is 62.2 Å². The summed E-state index contributed by atoms with van der Waals surface area (Å²) in [4.78, 5) is 15.4. The van der Waals surface area contributed by atoms with Gasteiger partial charge in [0.05, 0.1) is 10.9 Å². The lowest BCUT2D eigenvalue weighted by atomic mass is 9.97. The fraction of sp³-hybridized carbons (Fsp3) is 0.304. The zero-order valence-corrected chi connectivity index (χ0v) is 18.7. The molecular weight excluding hydrogens is 412 g/mol. The van der Waals surface area contributed by atoms with E-state index < -0.39 is 10.0 Å². The Morgan fingerprint density at radius 3 is 2.45 bits per heavy atom. The van der Waals surface area contributed by atoms with Gasteiger partial charge in [-0.3, -0.25) is 9.48 Å². The fourth-order valence-corrected chi connectivity index (χ4v) is 5.18. The minimum Gasteiger partial charge on any atom is -0.306 e. The van der Waals surface area contributed by atoms with Crippen molar-refractivity contribution in [2.75, 3.05) is 18.5 Å². The van der Waals surface area contributed by atoms with Crippen LogP contribution in [0.4, 0.5) is 5.69 Å². The summed E-state index contributed by atoms with van der Waals surface area (Å²) in [6, 6.07) is 15.8. The van der Waals surface area contributed by atoms with Crippen molar-refractivity contribution >= 4 is 21.6 Å². The van der Waals surface area contributed by atoms with E-state index in [-0.39, 0.29) is 22.9 Å². The van der Waals surface area contributed by atoms with Gasteiger partial charge in [0.15, 0.2) is 0 Å². The lowest BCUT2D eigenvalue weighted by Crippen LogP contribution is -2.41. The Balaban J connectivity index is 1.64. The standard InChI is InChI=1S/C23H26N4O3S/c1-17(2)25(3)31(29,30)21-11-9-18(10-12-21)23(28)26-16-20(27-14-6-13-24-27)15-19-7-4-5-8-22(19)26/h4-14,17,20H,15-16H2,1-3H3/t20-/m1/s1. The fourth-order valence-electron chi connectivity index (χ4n) is 3.81. The smallest absolute Gasteiger partial charge is 0.258 e. The normalized spacial score (nSPS) is 16.5. The predicted octanol–water partition coefficient (Wildman–Crippen LogP) is 3.36. The minimum absolute atomic E-state index is 0.0354. The van der Waals surface area contributed by atoms with Crippen molar-refractivity contribution in [3.8, 4) is 0 Å². The molecule has 1 aromatic heterocycles. The Morgan fingerprint density at radius 1 is 1.10 bits per heavy atom. The van der Waals surface area contributed by atoms with Crippen LogP contribution in [0.5, 0.6) is 0 Å². The number of sulfonamides is 1. The Bertz CT molecular complexity index is 1170. The third kappa shape index (κ3) is 4.00. The van der Waals surface area contributed by atoms with E-state index in [1.165, 1.54) is 16.4 Å². The maximum atomic E-state index is 13.4. The molecule has 0 saturated carbocycles. The first-order chi connectivity index (χ1) is 14.8. The van der Waals surface area contributed by atoms with Crippen LogP contribution < -0.4 is 4.90 Å². The van der Waals surface area contributed by atoms with Crippen molar-refractivity contribution < 1.29 is 13.2 Å². The van der Waals surface area contributed by atoms with Crippen molar-refractivity contribution in [2.45, 2.75) is 37.2 Å². The van der Waals surface area contributed by atoms with E-state index in [9.17, 15) is 13.2 Å². The molecule has 1 atom stereocenters. The van der Waals surface area contributed by atoms with Crippen molar-refractivity contribution in [3.63, 3.8) is 0 Å². The second kappa shape index (κ2) is 8.28. The number of hydrogen-bond acceptors (Lipinski definition) is 4. The Kier molecular flexibility index (Phi) is 5.68. The Morgan fingerprint density at radius 2 is 1.81 bits per heavy atom. The molecule has 3 aromatic rings. The van der Waals surface area contributed by atoms with Gasteiger partial charge in [-0.25, -0.2) is 8.42 Å². The van der Waals surface area contributed by atoms with Gasteiger partial charge in [-0.1, -0.05) is 18.2 Å². The molecule has 8 heteroatoms. The van der Waals surface area contributed by atoms with Crippen LogP contribution in [-0.2, 0) is 16.4 Å². The maximum Gasteiger partial charge on any atom is 0.258 e. The first kappa shape index (κ1) is 21.3. The summed E-state index contributed by atoms with van der Waals surface area (Å²) in [6.07, 6.45) is 4.44. The van der Waals surface area contributed by atoms with Gasteiger partial charge >= 0.3 is 0 Å². The number of carbonyl (C=O) groups is 1. The number of aromatic nitrogens is 2. The summed E-state index contributed by atoms with van der Waals surface area (Å²) in [5.74, 6) is -0.162. The summed E-state index contributed by atoms with van der Waals surface area (Å²) >= 11 is 0. The molecule has 0 spiro atoms. The Hall–Kier alpha value is -2.97. The molecule has 1 aliphatic rings. The second-order valence-corrected chi connectivity index (χ2v) is 10.0. The Labute approximate surface area is 183 Å². The topological polar surface area (TPSA) is 75.5 Å².